The third-order valence-corrected chi connectivity index (χ3v) is 3.85. The van der Waals surface area contributed by atoms with E-state index in [0.29, 0.717) is 0 Å². The fourth-order valence-electron chi connectivity index (χ4n) is 3.03. The molecule has 1 aromatic heterocycles. The largest absolute Gasteiger partial charge is 0.331 e. The molecule has 0 radical (unpaired) electrons. The van der Waals surface area contributed by atoms with Gasteiger partial charge in [0, 0.05) is 13.0 Å². The normalized spacial score (nSPS) is 27.2. The lowest BCUT2D eigenvalue weighted by Gasteiger charge is -2.34. The van der Waals surface area contributed by atoms with Crippen LogP contribution in [0.15, 0.2) is 0 Å². The van der Waals surface area contributed by atoms with Gasteiger partial charge in [0.15, 0.2) is 5.82 Å². The average molecular weight is 234 g/mol. The van der Waals surface area contributed by atoms with Gasteiger partial charge in [0.05, 0.1) is 6.04 Å². The predicted octanol–water partition coefficient (Wildman–Crippen LogP) is 1.47. The Morgan fingerprint density at radius 2 is 2.24 bits per heavy atom. The minimum absolute atomic E-state index is 0.129. The van der Waals surface area contributed by atoms with Crippen LogP contribution < -0.4 is 0 Å². The molecule has 1 fully saturated rings. The first-order chi connectivity index (χ1) is 8.24. The highest BCUT2D eigenvalue weighted by atomic mass is 16.2. The number of rotatable bonds is 2. The van der Waals surface area contributed by atoms with Crippen LogP contribution in [0.1, 0.15) is 56.8 Å². The van der Waals surface area contributed by atoms with Crippen LogP contribution in [0.25, 0.3) is 0 Å². The number of carbonyl (C=O) groups is 1. The summed E-state index contributed by atoms with van der Waals surface area (Å²) in [7, 11) is 0. The zero-order chi connectivity index (χ0) is 12.0. The van der Waals surface area contributed by atoms with Crippen LogP contribution in [0.5, 0.6) is 0 Å². The molecule has 5 nitrogen and oxygen atoms in total. The summed E-state index contributed by atoms with van der Waals surface area (Å²) in [6.07, 6.45) is 4.05. The van der Waals surface area contributed by atoms with E-state index < -0.39 is 0 Å². The lowest BCUT2D eigenvalue weighted by Crippen LogP contribution is -2.42. The summed E-state index contributed by atoms with van der Waals surface area (Å²) < 4.78 is 2.07. The Labute approximate surface area is 101 Å². The topological polar surface area (TPSA) is 51.0 Å². The van der Waals surface area contributed by atoms with Crippen LogP contribution in [0.4, 0.5) is 0 Å². The molecule has 2 aliphatic heterocycles. The third-order valence-electron chi connectivity index (χ3n) is 3.85. The number of hydrogen-bond acceptors (Lipinski definition) is 3. The first kappa shape index (κ1) is 10.7. The van der Waals surface area contributed by atoms with Crippen molar-refractivity contribution in [2.24, 2.45) is 0 Å². The summed E-state index contributed by atoms with van der Waals surface area (Å²) in [5.74, 6) is 2.20. The maximum atomic E-state index is 12.3. The first-order valence-electron chi connectivity index (χ1n) is 6.48. The minimum atomic E-state index is -0.129. The van der Waals surface area contributed by atoms with Crippen molar-refractivity contribution in [2.75, 3.05) is 6.54 Å². The van der Waals surface area contributed by atoms with Gasteiger partial charge in [-0.25, -0.2) is 0 Å². The molecule has 0 bridgehead atoms. The lowest BCUT2D eigenvalue weighted by atomic mass is 10.1. The molecule has 0 spiro atoms. The molecule has 2 atom stereocenters. The highest BCUT2D eigenvalue weighted by molar-refractivity contribution is 5.82. The van der Waals surface area contributed by atoms with Crippen LogP contribution >= 0.6 is 0 Å². The molecule has 5 heteroatoms. The molecule has 0 aromatic carbocycles. The highest BCUT2D eigenvalue weighted by Gasteiger charge is 2.42. The van der Waals surface area contributed by atoms with Gasteiger partial charge in [-0.1, -0.05) is 6.92 Å². The Morgan fingerprint density at radius 3 is 3.00 bits per heavy atom. The molecule has 3 heterocycles. The summed E-state index contributed by atoms with van der Waals surface area (Å²) in [4.78, 5) is 14.3. The molecule has 2 aliphatic rings. The van der Waals surface area contributed by atoms with Crippen molar-refractivity contribution in [1.82, 2.24) is 19.7 Å². The standard InChI is InChI=1S/C12H18N4O/c1-3-5-10-13-14-11-9-6-4-7-15(9)12(17)8(2)16(10)11/h8-9H,3-7H2,1-2H3/t8-,9+/m0/s1. The van der Waals surface area contributed by atoms with Gasteiger partial charge in [-0.2, -0.15) is 0 Å². The van der Waals surface area contributed by atoms with Crippen molar-refractivity contribution in [3.05, 3.63) is 11.6 Å². The van der Waals surface area contributed by atoms with E-state index in [1.807, 2.05) is 11.8 Å². The van der Waals surface area contributed by atoms with Crippen molar-refractivity contribution in [3.8, 4) is 0 Å². The van der Waals surface area contributed by atoms with Crippen LogP contribution in [0.2, 0.25) is 0 Å². The SMILES string of the molecule is CCCc1nnc2n1[C@@H](C)C(=O)N1CCC[C@H]21. The van der Waals surface area contributed by atoms with Crippen molar-refractivity contribution >= 4 is 5.91 Å². The van der Waals surface area contributed by atoms with Gasteiger partial charge in [-0.15, -0.1) is 10.2 Å². The van der Waals surface area contributed by atoms with Crippen LogP contribution in [0.3, 0.4) is 0 Å². The van der Waals surface area contributed by atoms with Gasteiger partial charge in [0.1, 0.15) is 11.9 Å². The Morgan fingerprint density at radius 1 is 1.41 bits per heavy atom. The van der Waals surface area contributed by atoms with Crippen LogP contribution in [-0.4, -0.2) is 32.1 Å². The molecule has 1 saturated heterocycles. The second kappa shape index (κ2) is 3.82. The fourth-order valence-corrected chi connectivity index (χ4v) is 3.03. The van der Waals surface area contributed by atoms with Crippen molar-refractivity contribution in [3.63, 3.8) is 0 Å². The zero-order valence-corrected chi connectivity index (χ0v) is 10.4. The average Bonchev–Trinajstić information content (AvgIpc) is 2.92. The van der Waals surface area contributed by atoms with E-state index in [9.17, 15) is 4.79 Å². The number of aryl methyl sites for hydroxylation is 1. The molecule has 1 aromatic rings. The summed E-state index contributed by atoms with van der Waals surface area (Å²) in [6.45, 7) is 4.96. The number of aromatic nitrogens is 3. The number of nitrogens with zero attached hydrogens (tertiary/aromatic N) is 4. The molecule has 0 saturated carbocycles. The summed E-state index contributed by atoms with van der Waals surface area (Å²) >= 11 is 0. The maximum absolute atomic E-state index is 12.3. The molecule has 0 aliphatic carbocycles. The van der Waals surface area contributed by atoms with Gasteiger partial charge < -0.3 is 9.47 Å². The molecular formula is C12H18N4O. The van der Waals surface area contributed by atoms with Crippen molar-refractivity contribution in [1.29, 1.82) is 0 Å². The third kappa shape index (κ3) is 1.41. The Kier molecular flexibility index (Phi) is 2.42. The fraction of sp³-hybridized carbons (Fsp3) is 0.750. The van der Waals surface area contributed by atoms with Gasteiger partial charge in [0.2, 0.25) is 5.91 Å². The van der Waals surface area contributed by atoms with E-state index in [0.717, 1.165) is 43.9 Å². The lowest BCUT2D eigenvalue weighted by molar-refractivity contribution is -0.137. The molecule has 3 rings (SSSR count). The van der Waals surface area contributed by atoms with E-state index in [2.05, 4.69) is 21.7 Å². The van der Waals surface area contributed by atoms with E-state index in [-0.39, 0.29) is 18.0 Å². The Bertz CT molecular complexity index is 453. The number of carbonyl (C=O) groups excluding carboxylic acids is 1. The maximum Gasteiger partial charge on any atom is 0.246 e. The van der Waals surface area contributed by atoms with Gasteiger partial charge in [-0.05, 0) is 26.2 Å². The molecular weight excluding hydrogens is 216 g/mol. The first-order valence-corrected chi connectivity index (χ1v) is 6.48. The second-order valence-electron chi connectivity index (χ2n) is 4.96. The predicted molar refractivity (Wildman–Crippen MR) is 62.4 cm³/mol. The van der Waals surface area contributed by atoms with Gasteiger partial charge >= 0.3 is 0 Å². The summed E-state index contributed by atoms with van der Waals surface area (Å²) in [6, 6.07) is 0.0488. The zero-order valence-electron chi connectivity index (χ0n) is 10.4. The molecule has 0 unspecified atom stereocenters. The number of hydrogen-bond donors (Lipinski definition) is 0. The summed E-state index contributed by atoms with van der Waals surface area (Å²) in [5.41, 5.74) is 0. The van der Waals surface area contributed by atoms with Crippen molar-refractivity contribution in [2.45, 2.75) is 51.6 Å². The van der Waals surface area contributed by atoms with Crippen molar-refractivity contribution < 1.29 is 4.79 Å². The quantitative estimate of drug-likeness (QED) is 0.778. The highest BCUT2D eigenvalue weighted by Crippen LogP contribution is 2.38. The van der Waals surface area contributed by atoms with E-state index in [1.54, 1.807) is 0 Å². The molecule has 17 heavy (non-hydrogen) atoms. The minimum Gasteiger partial charge on any atom is -0.331 e. The van der Waals surface area contributed by atoms with Crippen LogP contribution in [-0.2, 0) is 11.2 Å². The Balaban J connectivity index is 2.08. The Hall–Kier alpha value is -1.39. The molecule has 92 valence electrons. The molecule has 1 amide bonds. The smallest absolute Gasteiger partial charge is 0.246 e. The van der Waals surface area contributed by atoms with Crippen LogP contribution in [0, 0.1) is 0 Å². The number of amides is 1. The van der Waals surface area contributed by atoms with Gasteiger partial charge in [-0.3, -0.25) is 4.79 Å². The number of fused-ring (bicyclic) bond motifs is 3. The summed E-state index contributed by atoms with van der Waals surface area (Å²) in [5, 5.41) is 8.59. The second-order valence-corrected chi connectivity index (χ2v) is 4.96. The van der Waals surface area contributed by atoms with E-state index >= 15 is 0 Å². The van der Waals surface area contributed by atoms with E-state index in [4.69, 9.17) is 0 Å². The molecule has 0 N–H and O–H groups in total. The van der Waals surface area contributed by atoms with E-state index in [1.165, 1.54) is 0 Å². The monoisotopic (exact) mass is 234 g/mol. The van der Waals surface area contributed by atoms with Gasteiger partial charge in [0.25, 0.3) is 0 Å².